The third kappa shape index (κ3) is 4.99. The Balaban J connectivity index is 1.32. The predicted molar refractivity (Wildman–Crippen MR) is 122 cm³/mol. The summed E-state index contributed by atoms with van der Waals surface area (Å²) in [5, 5.41) is 7.88. The van der Waals surface area contributed by atoms with E-state index in [-0.39, 0.29) is 11.9 Å². The Labute approximate surface area is 182 Å². The molecule has 1 amide bonds. The highest BCUT2D eigenvalue weighted by Gasteiger charge is 2.23. The van der Waals surface area contributed by atoms with E-state index in [1.54, 1.807) is 24.4 Å². The summed E-state index contributed by atoms with van der Waals surface area (Å²) < 4.78 is 1.94. The van der Waals surface area contributed by atoms with Crippen molar-refractivity contribution >= 4 is 29.4 Å². The molecule has 30 heavy (non-hydrogen) atoms. The number of amides is 1. The number of hydrogen-bond acceptors (Lipinski definition) is 3. The van der Waals surface area contributed by atoms with Gasteiger partial charge in [0.25, 0.3) is 5.91 Å². The number of nitrogens with zero attached hydrogens (tertiary/aromatic N) is 3. The zero-order chi connectivity index (χ0) is 20.8. The van der Waals surface area contributed by atoms with Gasteiger partial charge in [-0.2, -0.15) is 5.10 Å². The summed E-state index contributed by atoms with van der Waals surface area (Å²) in [6.07, 6.45) is 8.11. The lowest BCUT2D eigenvalue weighted by molar-refractivity contribution is 0.102. The molecule has 1 aliphatic heterocycles. The number of likely N-dealkylation sites (tertiary alicyclic amines) is 1. The average molecular weight is 421 g/mol. The topological polar surface area (TPSA) is 50.2 Å². The van der Waals surface area contributed by atoms with Crippen molar-refractivity contribution in [1.29, 1.82) is 0 Å². The zero-order valence-corrected chi connectivity index (χ0v) is 17.5. The van der Waals surface area contributed by atoms with Gasteiger partial charge in [0, 0.05) is 25.7 Å². The summed E-state index contributed by atoms with van der Waals surface area (Å²) in [4.78, 5) is 15.0. The van der Waals surface area contributed by atoms with Crippen molar-refractivity contribution in [3.63, 3.8) is 0 Å². The molecule has 0 spiro atoms. The zero-order valence-electron chi connectivity index (χ0n) is 16.7. The van der Waals surface area contributed by atoms with Crippen LogP contribution in [-0.4, -0.2) is 40.2 Å². The van der Waals surface area contributed by atoms with Gasteiger partial charge in [-0.15, -0.1) is 0 Å². The van der Waals surface area contributed by atoms with Crippen LogP contribution in [0.2, 0.25) is 5.02 Å². The minimum absolute atomic E-state index is 0.217. The molecule has 6 heteroatoms. The van der Waals surface area contributed by atoms with Gasteiger partial charge in [-0.05, 0) is 30.5 Å². The predicted octanol–water partition coefficient (Wildman–Crippen LogP) is 5.14. The number of rotatable bonds is 6. The number of aromatic nitrogens is 2. The lowest BCUT2D eigenvalue weighted by Gasteiger charge is -2.32. The largest absolute Gasteiger partial charge is 0.307 e. The van der Waals surface area contributed by atoms with Crippen LogP contribution in [0.4, 0.5) is 5.82 Å². The summed E-state index contributed by atoms with van der Waals surface area (Å²) in [7, 11) is 0. The van der Waals surface area contributed by atoms with Crippen LogP contribution >= 0.6 is 11.6 Å². The molecule has 1 N–H and O–H groups in total. The third-order valence-electron chi connectivity index (χ3n) is 5.41. The van der Waals surface area contributed by atoms with Gasteiger partial charge in [-0.3, -0.25) is 9.69 Å². The molecule has 1 aromatic heterocycles. The number of piperidine rings is 1. The van der Waals surface area contributed by atoms with Crippen LogP contribution in [0.15, 0.2) is 72.9 Å². The van der Waals surface area contributed by atoms with Crippen LogP contribution in [0, 0.1) is 0 Å². The fraction of sp³-hybridized carbons (Fsp3) is 0.250. The van der Waals surface area contributed by atoms with Crippen LogP contribution in [0.3, 0.4) is 0 Å². The van der Waals surface area contributed by atoms with Gasteiger partial charge in [-0.25, -0.2) is 4.68 Å². The smallest absolute Gasteiger partial charge is 0.258 e. The van der Waals surface area contributed by atoms with Crippen molar-refractivity contribution in [2.75, 3.05) is 25.0 Å². The van der Waals surface area contributed by atoms with Crippen LogP contribution in [0.25, 0.3) is 6.08 Å². The maximum atomic E-state index is 12.6. The Kier molecular flexibility index (Phi) is 6.62. The van der Waals surface area contributed by atoms with E-state index in [0.29, 0.717) is 16.4 Å². The average Bonchev–Trinajstić information content (AvgIpc) is 3.23. The molecular weight excluding hydrogens is 396 g/mol. The molecule has 0 radical (unpaired) electrons. The number of halogens is 1. The number of anilines is 1. The van der Waals surface area contributed by atoms with E-state index >= 15 is 0 Å². The van der Waals surface area contributed by atoms with Crippen LogP contribution in [0.5, 0.6) is 0 Å². The molecule has 5 nitrogen and oxygen atoms in total. The molecular formula is C24H25ClN4O. The molecule has 1 aliphatic rings. The molecule has 0 unspecified atom stereocenters. The molecule has 0 aliphatic carbocycles. The van der Waals surface area contributed by atoms with Gasteiger partial charge in [0.2, 0.25) is 0 Å². The highest BCUT2D eigenvalue weighted by Crippen LogP contribution is 2.26. The first-order chi connectivity index (χ1) is 14.7. The monoisotopic (exact) mass is 420 g/mol. The van der Waals surface area contributed by atoms with Gasteiger partial charge in [0.15, 0.2) is 0 Å². The lowest BCUT2D eigenvalue weighted by Crippen LogP contribution is -2.35. The lowest BCUT2D eigenvalue weighted by atomic mass is 10.1. The fourth-order valence-electron chi connectivity index (χ4n) is 3.78. The molecule has 1 saturated heterocycles. The van der Waals surface area contributed by atoms with Crippen molar-refractivity contribution in [3.05, 3.63) is 89.1 Å². The molecule has 154 valence electrons. The molecule has 2 aromatic carbocycles. The Bertz CT molecular complexity index is 1010. The number of carbonyl (C=O) groups is 1. The minimum Gasteiger partial charge on any atom is -0.307 e. The summed E-state index contributed by atoms with van der Waals surface area (Å²) in [5.41, 5.74) is 1.69. The van der Waals surface area contributed by atoms with Crippen molar-refractivity contribution < 1.29 is 4.79 Å². The second-order valence-corrected chi connectivity index (χ2v) is 7.85. The first-order valence-corrected chi connectivity index (χ1v) is 10.6. The summed E-state index contributed by atoms with van der Waals surface area (Å²) in [6, 6.07) is 19.5. The van der Waals surface area contributed by atoms with E-state index in [9.17, 15) is 4.79 Å². The summed E-state index contributed by atoms with van der Waals surface area (Å²) in [5.74, 6) is 0.494. The van der Waals surface area contributed by atoms with E-state index in [4.69, 9.17) is 11.6 Å². The second kappa shape index (κ2) is 9.74. The van der Waals surface area contributed by atoms with Gasteiger partial charge in [0.05, 0.1) is 22.8 Å². The Morgan fingerprint density at radius 2 is 1.80 bits per heavy atom. The molecule has 1 fully saturated rings. The van der Waals surface area contributed by atoms with Crippen molar-refractivity contribution in [2.24, 2.45) is 0 Å². The van der Waals surface area contributed by atoms with Crippen molar-refractivity contribution in [3.8, 4) is 0 Å². The summed E-state index contributed by atoms with van der Waals surface area (Å²) >= 11 is 6.15. The normalized spacial score (nSPS) is 15.5. The van der Waals surface area contributed by atoms with Crippen molar-refractivity contribution in [2.45, 2.75) is 18.9 Å². The highest BCUT2D eigenvalue weighted by molar-refractivity contribution is 6.34. The van der Waals surface area contributed by atoms with E-state index in [1.807, 2.05) is 22.9 Å². The van der Waals surface area contributed by atoms with Gasteiger partial charge < -0.3 is 5.32 Å². The van der Waals surface area contributed by atoms with E-state index < -0.39 is 0 Å². The first kappa shape index (κ1) is 20.4. The number of carbonyl (C=O) groups excluding carboxylic acids is 1. The van der Waals surface area contributed by atoms with Crippen LogP contribution < -0.4 is 5.32 Å². The summed E-state index contributed by atoms with van der Waals surface area (Å²) in [6.45, 7) is 2.94. The standard InChI is InChI=1S/C24H25ClN4O/c25-22-11-5-4-10-21(22)24(30)27-23-12-15-26-29(23)20-13-17-28(18-14-20)16-6-9-19-7-2-1-3-8-19/h1-12,15,20H,13-14,16-18H2,(H,27,30). The van der Waals surface area contributed by atoms with Crippen LogP contribution in [-0.2, 0) is 0 Å². The van der Waals surface area contributed by atoms with Gasteiger partial charge in [0.1, 0.15) is 5.82 Å². The van der Waals surface area contributed by atoms with E-state index in [0.717, 1.165) is 32.5 Å². The van der Waals surface area contributed by atoms with Crippen molar-refractivity contribution in [1.82, 2.24) is 14.7 Å². The second-order valence-electron chi connectivity index (χ2n) is 7.44. The Morgan fingerprint density at radius 1 is 1.07 bits per heavy atom. The van der Waals surface area contributed by atoms with E-state index in [2.05, 4.69) is 51.7 Å². The Morgan fingerprint density at radius 3 is 2.57 bits per heavy atom. The maximum Gasteiger partial charge on any atom is 0.258 e. The Hall–Kier alpha value is -2.89. The quantitative estimate of drug-likeness (QED) is 0.600. The van der Waals surface area contributed by atoms with E-state index in [1.165, 1.54) is 5.56 Å². The molecule has 0 saturated carbocycles. The van der Waals surface area contributed by atoms with Gasteiger partial charge >= 0.3 is 0 Å². The minimum atomic E-state index is -0.217. The first-order valence-electron chi connectivity index (χ1n) is 10.2. The third-order valence-corrected chi connectivity index (χ3v) is 5.74. The molecule has 0 atom stereocenters. The number of hydrogen-bond donors (Lipinski definition) is 1. The SMILES string of the molecule is O=C(Nc1ccnn1C1CCN(CC=Cc2ccccc2)CC1)c1ccccc1Cl. The number of benzene rings is 2. The molecule has 4 rings (SSSR count). The fourth-order valence-corrected chi connectivity index (χ4v) is 4.00. The van der Waals surface area contributed by atoms with Crippen LogP contribution in [0.1, 0.15) is 34.8 Å². The number of nitrogens with one attached hydrogen (secondary N) is 1. The molecule has 2 heterocycles. The van der Waals surface area contributed by atoms with Gasteiger partial charge in [-0.1, -0.05) is 66.2 Å². The molecule has 3 aromatic rings. The maximum absolute atomic E-state index is 12.6. The molecule has 0 bridgehead atoms. The highest BCUT2D eigenvalue weighted by atomic mass is 35.5.